The van der Waals surface area contributed by atoms with Crippen molar-refractivity contribution in [3.05, 3.63) is 83.4 Å². The predicted octanol–water partition coefficient (Wildman–Crippen LogP) is 3.33. The fraction of sp³-hybridized carbons (Fsp3) is 0.231. The van der Waals surface area contributed by atoms with Gasteiger partial charge in [-0.1, -0.05) is 36.4 Å². The molecule has 1 aliphatic heterocycles. The number of nitrogens with one attached hydrogen (secondary N) is 1. The number of methoxy groups -OCH3 is 2. The molecule has 1 unspecified atom stereocenters. The Morgan fingerprint density at radius 1 is 0.971 bits per heavy atom. The maximum Gasteiger partial charge on any atom is 0.251 e. The summed E-state index contributed by atoms with van der Waals surface area (Å²) in [6.45, 7) is 0.776. The van der Waals surface area contributed by atoms with Crippen LogP contribution in [0.15, 0.2) is 71.6 Å². The number of rotatable bonds is 8. The number of fused-ring (bicyclic) bond motifs is 1. The molecule has 176 valence electrons. The number of carbonyl (C=O) groups is 2. The lowest BCUT2D eigenvalue weighted by molar-refractivity contribution is -0.116. The molecule has 2 amide bonds. The van der Waals surface area contributed by atoms with Gasteiger partial charge in [0.2, 0.25) is 5.91 Å². The van der Waals surface area contributed by atoms with E-state index in [-0.39, 0.29) is 17.6 Å². The molecule has 0 saturated heterocycles. The lowest BCUT2D eigenvalue weighted by Crippen LogP contribution is -2.38. The summed E-state index contributed by atoms with van der Waals surface area (Å²) >= 11 is 0. The second kappa shape index (κ2) is 10.5. The SMILES string of the molecule is COc1ccc(CCNC(=O)c2ccc3c(c2)N(Cc2ccccc2)C(=O)CS3=O)cc1OC. The quantitative estimate of drug-likeness (QED) is 0.537. The van der Waals surface area contributed by atoms with Crippen LogP contribution >= 0.6 is 0 Å². The van der Waals surface area contributed by atoms with Crippen LogP contribution in [0.3, 0.4) is 0 Å². The molecule has 8 heteroatoms. The first-order chi connectivity index (χ1) is 16.5. The van der Waals surface area contributed by atoms with E-state index in [1.54, 1.807) is 37.3 Å². The largest absolute Gasteiger partial charge is 0.493 e. The van der Waals surface area contributed by atoms with Crippen LogP contribution in [0.5, 0.6) is 11.5 Å². The van der Waals surface area contributed by atoms with Gasteiger partial charge >= 0.3 is 0 Å². The lowest BCUT2D eigenvalue weighted by atomic mass is 10.1. The second-order valence-electron chi connectivity index (χ2n) is 7.83. The molecule has 7 nitrogen and oxygen atoms in total. The molecule has 3 aromatic carbocycles. The van der Waals surface area contributed by atoms with Crippen LogP contribution in [0.1, 0.15) is 21.5 Å². The van der Waals surface area contributed by atoms with Crippen molar-refractivity contribution in [2.75, 3.05) is 31.4 Å². The zero-order chi connectivity index (χ0) is 24.1. The first-order valence-electron chi connectivity index (χ1n) is 10.9. The van der Waals surface area contributed by atoms with Gasteiger partial charge in [0, 0.05) is 12.1 Å². The summed E-state index contributed by atoms with van der Waals surface area (Å²) in [5, 5.41) is 2.92. The normalized spacial score (nSPS) is 14.9. The molecular weight excluding hydrogens is 452 g/mol. The van der Waals surface area contributed by atoms with E-state index in [0.29, 0.717) is 47.2 Å². The highest BCUT2D eigenvalue weighted by molar-refractivity contribution is 7.86. The lowest BCUT2D eigenvalue weighted by Gasteiger charge is -2.29. The van der Waals surface area contributed by atoms with Crippen molar-refractivity contribution in [1.82, 2.24) is 5.32 Å². The van der Waals surface area contributed by atoms with Crippen molar-refractivity contribution in [2.45, 2.75) is 17.9 Å². The number of hydrogen-bond acceptors (Lipinski definition) is 5. The summed E-state index contributed by atoms with van der Waals surface area (Å²) in [7, 11) is 1.74. The van der Waals surface area contributed by atoms with Crippen LogP contribution in [-0.2, 0) is 28.6 Å². The van der Waals surface area contributed by atoms with Crippen molar-refractivity contribution in [2.24, 2.45) is 0 Å². The molecular formula is C26H26N2O5S. The van der Waals surface area contributed by atoms with Gasteiger partial charge in [0.05, 0.1) is 42.1 Å². The van der Waals surface area contributed by atoms with Crippen LogP contribution in [0, 0.1) is 0 Å². The first-order valence-corrected chi connectivity index (χ1v) is 12.2. The zero-order valence-corrected chi connectivity index (χ0v) is 19.9. The Hall–Kier alpha value is -3.65. The first kappa shape index (κ1) is 23.5. The Morgan fingerprint density at radius 2 is 1.74 bits per heavy atom. The Balaban J connectivity index is 1.48. The average molecular weight is 479 g/mol. The van der Waals surface area contributed by atoms with Crippen molar-refractivity contribution >= 4 is 28.3 Å². The number of hydrogen-bond donors (Lipinski definition) is 1. The van der Waals surface area contributed by atoms with E-state index >= 15 is 0 Å². The van der Waals surface area contributed by atoms with Gasteiger partial charge in [0.25, 0.3) is 5.91 Å². The van der Waals surface area contributed by atoms with Crippen LogP contribution < -0.4 is 19.7 Å². The van der Waals surface area contributed by atoms with Gasteiger partial charge in [-0.25, -0.2) is 0 Å². The summed E-state index contributed by atoms with van der Waals surface area (Å²) in [6.07, 6.45) is 0.611. The van der Waals surface area contributed by atoms with Crippen LogP contribution in [-0.4, -0.2) is 42.5 Å². The van der Waals surface area contributed by atoms with Gasteiger partial charge in [-0.15, -0.1) is 0 Å². The third-order valence-corrected chi connectivity index (χ3v) is 6.99. The Bertz CT molecular complexity index is 1230. The fourth-order valence-electron chi connectivity index (χ4n) is 3.86. The number of carbonyl (C=O) groups excluding carboxylic acids is 2. The maximum atomic E-state index is 12.8. The molecule has 1 heterocycles. The molecule has 0 fully saturated rings. The van der Waals surface area contributed by atoms with E-state index in [0.717, 1.165) is 11.1 Å². The van der Waals surface area contributed by atoms with Gasteiger partial charge in [0.1, 0.15) is 5.75 Å². The minimum absolute atomic E-state index is 0.0588. The standard InChI is InChI=1S/C26H26N2O5S/c1-32-22-10-8-18(14-23(22)33-2)12-13-27-26(30)20-9-11-24-21(15-20)28(25(29)17-34(24)31)16-19-6-4-3-5-7-19/h3-11,14-15H,12-13,16-17H2,1-2H3,(H,27,30). The summed E-state index contributed by atoms with van der Waals surface area (Å²) in [5.74, 6) is 0.748. The molecule has 0 bridgehead atoms. The minimum atomic E-state index is -1.43. The number of nitrogens with zero attached hydrogens (tertiary/aromatic N) is 1. The zero-order valence-electron chi connectivity index (χ0n) is 19.1. The number of ether oxygens (including phenoxy) is 2. The fourth-order valence-corrected chi connectivity index (χ4v) is 5.02. The summed E-state index contributed by atoms with van der Waals surface area (Å²) in [6, 6.07) is 20.2. The van der Waals surface area contributed by atoms with Gasteiger partial charge < -0.3 is 19.7 Å². The van der Waals surface area contributed by atoms with Crippen molar-refractivity contribution in [3.8, 4) is 11.5 Å². The third kappa shape index (κ3) is 5.12. The molecule has 1 atom stereocenters. The van der Waals surface area contributed by atoms with Crippen molar-refractivity contribution in [3.63, 3.8) is 0 Å². The number of amides is 2. The molecule has 0 saturated carbocycles. The maximum absolute atomic E-state index is 12.8. The number of benzene rings is 3. The van der Waals surface area contributed by atoms with Crippen LogP contribution in [0.25, 0.3) is 0 Å². The average Bonchev–Trinajstić information content (AvgIpc) is 2.86. The Kier molecular flexibility index (Phi) is 7.27. The van der Waals surface area contributed by atoms with E-state index in [4.69, 9.17) is 9.47 Å². The van der Waals surface area contributed by atoms with Gasteiger partial charge in [-0.3, -0.25) is 13.8 Å². The van der Waals surface area contributed by atoms with E-state index < -0.39 is 10.8 Å². The summed E-state index contributed by atoms with van der Waals surface area (Å²) < 4.78 is 23.1. The molecule has 34 heavy (non-hydrogen) atoms. The predicted molar refractivity (Wildman–Crippen MR) is 131 cm³/mol. The van der Waals surface area contributed by atoms with Crippen molar-refractivity contribution < 1.29 is 23.3 Å². The highest BCUT2D eigenvalue weighted by Crippen LogP contribution is 2.31. The van der Waals surface area contributed by atoms with E-state index in [1.165, 1.54) is 0 Å². The van der Waals surface area contributed by atoms with Crippen LogP contribution in [0.2, 0.25) is 0 Å². The molecule has 0 aliphatic carbocycles. The molecule has 0 aromatic heterocycles. The summed E-state index contributed by atoms with van der Waals surface area (Å²) in [5.41, 5.74) is 2.89. The Labute approximate surface area is 201 Å². The van der Waals surface area contributed by atoms with Gasteiger partial charge in [0.15, 0.2) is 11.5 Å². The molecule has 4 rings (SSSR count). The molecule has 0 radical (unpaired) electrons. The molecule has 3 aromatic rings. The second-order valence-corrected chi connectivity index (χ2v) is 9.25. The minimum Gasteiger partial charge on any atom is -0.493 e. The third-order valence-electron chi connectivity index (χ3n) is 5.64. The number of anilines is 1. The van der Waals surface area contributed by atoms with E-state index in [9.17, 15) is 13.8 Å². The van der Waals surface area contributed by atoms with Gasteiger partial charge in [-0.05, 0) is 47.9 Å². The highest BCUT2D eigenvalue weighted by atomic mass is 32.2. The van der Waals surface area contributed by atoms with E-state index in [2.05, 4.69) is 5.32 Å². The molecule has 1 aliphatic rings. The monoisotopic (exact) mass is 478 g/mol. The Morgan fingerprint density at radius 3 is 2.47 bits per heavy atom. The molecule has 1 N–H and O–H groups in total. The topological polar surface area (TPSA) is 84.9 Å². The van der Waals surface area contributed by atoms with Crippen molar-refractivity contribution in [1.29, 1.82) is 0 Å². The van der Waals surface area contributed by atoms with E-state index in [1.807, 2.05) is 48.5 Å². The van der Waals surface area contributed by atoms with Gasteiger partial charge in [-0.2, -0.15) is 0 Å². The highest BCUT2D eigenvalue weighted by Gasteiger charge is 2.30. The van der Waals surface area contributed by atoms with Crippen LogP contribution in [0.4, 0.5) is 5.69 Å². The summed E-state index contributed by atoms with van der Waals surface area (Å²) in [4.78, 5) is 27.7. The smallest absolute Gasteiger partial charge is 0.251 e. The molecule has 0 spiro atoms.